The molecule has 0 unspecified atom stereocenters. The molecule has 0 amide bonds. The zero-order valence-electron chi connectivity index (χ0n) is 8.62. The van der Waals surface area contributed by atoms with Gasteiger partial charge in [0.25, 0.3) is 0 Å². The fourth-order valence-electron chi connectivity index (χ4n) is 2.51. The summed E-state index contributed by atoms with van der Waals surface area (Å²) in [7, 11) is 0. The molecule has 2 aliphatic heterocycles. The van der Waals surface area contributed by atoms with Crippen LogP contribution in [0, 0.1) is 0 Å². The van der Waals surface area contributed by atoms with Crippen LogP contribution in [0.3, 0.4) is 0 Å². The normalized spacial score (nSPS) is 28.8. The molecule has 0 aromatic heterocycles. The van der Waals surface area contributed by atoms with E-state index >= 15 is 0 Å². The van der Waals surface area contributed by atoms with E-state index < -0.39 is 0 Å². The van der Waals surface area contributed by atoms with Crippen LogP contribution < -0.4 is 10.1 Å². The minimum Gasteiger partial charge on any atom is -0.508 e. The maximum atomic E-state index is 9.42. The van der Waals surface area contributed by atoms with Crippen LogP contribution in [0.5, 0.6) is 11.5 Å². The van der Waals surface area contributed by atoms with Crippen LogP contribution >= 0.6 is 0 Å². The van der Waals surface area contributed by atoms with Crippen molar-refractivity contribution < 1.29 is 9.84 Å². The molecular formula is C12H15NO2. The summed E-state index contributed by atoms with van der Waals surface area (Å²) in [4.78, 5) is 0. The minimum absolute atomic E-state index is 0.0131. The molecule has 1 fully saturated rings. The van der Waals surface area contributed by atoms with Crippen LogP contribution in [0.25, 0.3) is 0 Å². The van der Waals surface area contributed by atoms with Crippen LogP contribution in [-0.2, 0) is 6.42 Å². The molecule has 1 spiro atoms. The monoisotopic (exact) mass is 205 g/mol. The Balaban J connectivity index is 1.94. The van der Waals surface area contributed by atoms with E-state index in [4.69, 9.17) is 4.74 Å². The van der Waals surface area contributed by atoms with Gasteiger partial charge in [-0.3, -0.25) is 0 Å². The van der Waals surface area contributed by atoms with Gasteiger partial charge in [0.05, 0.1) is 0 Å². The summed E-state index contributed by atoms with van der Waals surface area (Å²) < 4.78 is 6.04. The van der Waals surface area contributed by atoms with Crippen molar-refractivity contribution in [2.75, 3.05) is 13.1 Å². The molecule has 1 atom stereocenters. The van der Waals surface area contributed by atoms with Gasteiger partial charge < -0.3 is 15.2 Å². The van der Waals surface area contributed by atoms with Gasteiger partial charge in [0.2, 0.25) is 0 Å². The topological polar surface area (TPSA) is 41.5 Å². The lowest BCUT2D eigenvalue weighted by atomic mass is 9.90. The Morgan fingerprint density at radius 3 is 3.07 bits per heavy atom. The molecule has 1 aromatic rings. The zero-order chi connectivity index (χ0) is 10.3. The van der Waals surface area contributed by atoms with Gasteiger partial charge in [-0.15, -0.1) is 0 Å². The van der Waals surface area contributed by atoms with Crippen molar-refractivity contribution in [3.05, 3.63) is 23.8 Å². The van der Waals surface area contributed by atoms with Gasteiger partial charge in [0.1, 0.15) is 17.1 Å². The predicted octanol–water partition coefficient (Wildman–Crippen LogP) is 1.45. The summed E-state index contributed by atoms with van der Waals surface area (Å²) in [5.41, 5.74) is 1.20. The molecule has 2 aliphatic rings. The minimum atomic E-state index is -0.0131. The second-order valence-corrected chi connectivity index (χ2v) is 4.50. The molecule has 2 heterocycles. The fraction of sp³-hybridized carbons (Fsp3) is 0.500. The second-order valence-electron chi connectivity index (χ2n) is 4.50. The lowest BCUT2D eigenvalue weighted by Gasteiger charge is -2.35. The van der Waals surface area contributed by atoms with E-state index in [9.17, 15) is 5.11 Å². The molecule has 0 saturated carbocycles. The van der Waals surface area contributed by atoms with Crippen LogP contribution in [-0.4, -0.2) is 23.8 Å². The SMILES string of the molecule is Oc1ccc2c(c1)O[C@@]1(CCNC1)CC2. The van der Waals surface area contributed by atoms with Crippen molar-refractivity contribution >= 4 is 0 Å². The number of hydrogen-bond donors (Lipinski definition) is 2. The number of phenols is 1. The molecule has 2 N–H and O–H groups in total. The first-order chi connectivity index (χ1) is 7.27. The van der Waals surface area contributed by atoms with E-state index in [0.717, 1.165) is 38.1 Å². The highest BCUT2D eigenvalue weighted by Crippen LogP contribution is 2.38. The first-order valence-electron chi connectivity index (χ1n) is 5.49. The Bertz CT molecular complexity index is 383. The Labute approximate surface area is 89.1 Å². The van der Waals surface area contributed by atoms with E-state index in [1.165, 1.54) is 5.56 Å². The number of aromatic hydroxyl groups is 1. The maximum absolute atomic E-state index is 9.42. The number of fused-ring (bicyclic) bond motifs is 1. The maximum Gasteiger partial charge on any atom is 0.127 e. The number of hydrogen-bond acceptors (Lipinski definition) is 3. The number of aryl methyl sites for hydroxylation is 1. The number of nitrogens with one attached hydrogen (secondary N) is 1. The van der Waals surface area contributed by atoms with E-state index in [0.29, 0.717) is 0 Å². The van der Waals surface area contributed by atoms with Crippen molar-refractivity contribution in [1.82, 2.24) is 5.32 Å². The third-order valence-corrected chi connectivity index (χ3v) is 3.43. The first-order valence-corrected chi connectivity index (χ1v) is 5.49. The van der Waals surface area contributed by atoms with E-state index in [2.05, 4.69) is 5.32 Å². The molecular weight excluding hydrogens is 190 g/mol. The summed E-state index contributed by atoms with van der Waals surface area (Å²) in [6.07, 6.45) is 3.21. The molecule has 3 rings (SSSR count). The van der Waals surface area contributed by atoms with E-state index in [-0.39, 0.29) is 11.4 Å². The Hall–Kier alpha value is -1.22. The highest BCUT2D eigenvalue weighted by Gasteiger charge is 2.38. The van der Waals surface area contributed by atoms with Gasteiger partial charge in [-0.2, -0.15) is 0 Å². The average molecular weight is 205 g/mol. The van der Waals surface area contributed by atoms with Crippen LogP contribution in [0.15, 0.2) is 18.2 Å². The summed E-state index contributed by atoms with van der Waals surface area (Å²) >= 11 is 0. The third-order valence-electron chi connectivity index (χ3n) is 3.43. The summed E-state index contributed by atoms with van der Waals surface area (Å²) in [6.45, 7) is 1.97. The number of benzene rings is 1. The van der Waals surface area contributed by atoms with Gasteiger partial charge in [-0.1, -0.05) is 6.07 Å². The van der Waals surface area contributed by atoms with Crippen LogP contribution in [0.1, 0.15) is 18.4 Å². The lowest BCUT2D eigenvalue weighted by Crippen LogP contribution is -2.41. The summed E-state index contributed by atoms with van der Waals surface area (Å²) in [5, 5.41) is 12.8. The Morgan fingerprint density at radius 1 is 1.33 bits per heavy atom. The highest BCUT2D eigenvalue weighted by molar-refractivity contribution is 5.42. The molecule has 1 saturated heterocycles. The van der Waals surface area contributed by atoms with Gasteiger partial charge in [-0.05, 0) is 31.0 Å². The molecule has 0 bridgehead atoms. The zero-order valence-corrected chi connectivity index (χ0v) is 8.62. The van der Waals surface area contributed by atoms with Crippen molar-refractivity contribution in [2.24, 2.45) is 0 Å². The van der Waals surface area contributed by atoms with Crippen molar-refractivity contribution in [1.29, 1.82) is 0 Å². The Kier molecular flexibility index (Phi) is 1.89. The van der Waals surface area contributed by atoms with Crippen molar-refractivity contribution in [2.45, 2.75) is 24.9 Å². The summed E-state index contributed by atoms with van der Waals surface area (Å²) in [5.74, 6) is 1.15. The summed E-state index contributed by atoms with van der Waals surface area (Å²) in [6, 6.07) is 5.42. The smallest absolute Gasteiger partial charge is 0.127 e. The highest BCUT2D eigenvalue weighted by atomic mass is 16.5. The number of rotatable bonds is 0. The average Bonchev–Trinajstić information content (AvgIpc) is 2.66. The number of ether oxygens (including phenoxy) is 1. The molecule has 0 aliphatic carbocycles. The third kappa shape index (κ3) is 1.47. The molecule has 3 heteroatoms. The Morgan fingerprint density at radius 2 is 2.27 bits per heavy atom. The molecule has 1 aromatic carbocycles. The van der Waals surface area contributed by atoms with Crippen molar-refractivity contribution in [3.63, 3.8) is 0 Å². The first kappa shape index (κ1) is 9.04. The fourth-order valence-corrected chi connectivity index (χ4v) is 2.51. The quantitative estimate of drug-likeness (QED) is 0.673. The van der Waals surface area contributed by atoms with E-state index in [1.807, 2.05) is 6.07 Å². The molecule has 3 nitrogen and oxygen atoms in total. The number of phenolic OH excluding ortho intramolecular Hbond substituents is 1. The predicted molar refractivity (Wildman–Crippen MR) is 57.3 cm³/mol. The van der Waals surface area contributed by atoms with E-state index in [1.54, 1.807) is 12.1 Å². The van der Waals surface area contributed by atoms with Gasteiger partial charge in [0.15, 0.2) is 0 Å². The lowest BCUT2D eigenvalue weighted by molar-refractivity contribution is 0.0662. The van der Waals surface area contributed by atoms with Gasteiger partial charge in [-0.25, -0.2) is 0 Å². The molecule has 80 valence electrons. The van der Waals surface area contributed by atoms with Crippen LogP contribution in [0.2, 0.25) is 0 Å². The van der Waals surface area contributed by atoms with Crippen LogP contribution in [0.4, 0.5) is 0 Å². The second kappa shape index (κ2) is 3.14. The standard InChI is InChI=1S/C12H15NO2/c14-10-2-1-9-3-4-12(5-6-13-8-12)15-11(9)7-10/h1-2,7,13-14H,3-6,8H2/t12-/m1/s1. The van der Waals surface area contributed by atoms with Gasteiger partial charge in [0, 0.05) is 19.0 Å². The molecule has 15 heavy (non-hydrogen) atoms. The largest absolute Gasteiger partial charge is 0.508 e. The molecule has 0 radical (unpaired) electrons. The van der Waals surface area contributed by atoms with Gasteiger partial charge >= 0.3 is 0 Å². The van der Waals surface area contributed by atoms with Crippen molar-refractivity contribution in [3.8, 4) is 11.5 Å².